The number of fused-ring (bicyclic) bond motifs is 1. The van der Waals surface area contributed by atoms with Gasteiger partial charge in [0.25, 0.3) is 5.69 Å². The van der Waals surface area contributed by atoms with Crippen molar-refractivity contribution in [3.63, 3.8) is 0 Å². The molecule has 0 spiro atoms. The average Bonchev–Trinajstić information content (AvgIpc) is 3.05. The van der Waals surface area contributed by atoms with Crippen molar-refractivity contribution < 1.29 is 10.0 Å². The van der Waals surface area contributed by atoms with E-state index in [9.17, 15) is 15.2 Å². The predicted molar refractivity (Wildman–Crippen MR) is 103 cm³/mol. The summed E-state index contributed by atoms with van der Waals surface area (Å²) in [4.78, 5) is 13.6. The summed E-state index contributed by atoms with van der Waals surface area (Å²) in [5, 5.41) is 21.9. The van der Waals surface area contributed by atoms with Gasteiger partial charge in [0.15, 0.2) is 0 Å². The molecule has 1 atom stereocenters. The van der Waals surface area contributed by atoms with E-state index in [4.69, 9.17) is 0 Å². The van der Waals surface area contributed by atoms with Crippen molar-refractivity contribution in [3.05, 3.63) is 93.8 Å². The van der Waals surface area contributed by atoms with Gasteiger partial charge < -0.3 is 9.67 Å². The lowest BCUT2D eigenvalue weighted by Crippen LogP contribution is -2.30. The molecule has 27 heavy (non-hydrogen) atoms. The van der Waals surface area contributed by atoms with E-state index in [0.29, 0.717) is 12.1 Å². The molecule has 0 bridgehead atoms. The maximum Gasteiger partial charge on any atom is 0.274 e. The number of nitro groups is 1. The molecule has 138 valence electrons. The molecule has 2 aromatic carbocycles. The van der Waals surface area contributed by atoms with E-state index in [-0.39, 0.29) is 22.4 Å². The molecule has 1 aromatic heterocycles. The molecule has 0 radical (unpaired) electrons. The first kappa shape index (κ1) is 17.3. The van der Waals surface area contributed by atoms with Crippen LogP contribution >= 0.6 is 0 Å². The van der Waals surface area contributed by atoms with Gasteiger partial charge in [-0.2, -0.15) is 0 Å². The molecule has 0 aliphatic carbocycles. The molecule has 0 unspecified atom stereocenters. The molecule has 1 N–H and O–H groups in total. The van der Waals surface area contributed by atoms with Crippen molar-refractivity contribution in [2.24, 2.45) is 0 Å². The number of nitro benzene ring substituents is 1. The third-order valence-corrected chi connectivity index (χ3v) is 5.15. The van der Waals surface area contributed by atoms with Gasteiger partial charge in [-0.3, -0.25) is 15.0 Å². The Kier molecular flexibility index (Phi) is 4.64. The summed E-state index contributed by atoms with van der Waals surface area (Å²) in [5.41, 5.74) is 2.66. The number of hydrogen-bond acceptors (Lipinski definition) is 4. The van der Waals surface area contributed by atoms with E-state index in [2.05, 4.69) is 9.47 Å². The molecule has 6 nitrogen and oxygen atoms in total. The summed E-state index contributed by atoms with van der Waals surface area (Å²) in [6, 6.07) is 18.0. The van der Waals surface area contributed by atoms with Gasteiger partial charge >= 0.3 is 0 Å². The zero-order valence-electron chi connectivity index (χ0n) is 14.9. The van der Waals surface area contributed by atoms with E-state index >= 15 is 0 Å². The third-order valence-electron chi connectivity index (χ3n) is 5.15. The molecular formula is C21H21N3O3. The average molecular weight is 363 g/mol. The predicted octanol–water partition coefficient (Wildman–Crippen LogP) is 4.10. The quantitative estimate of drug-likeness (QED) is 0.560. The zero-order chi connectivity index (χ0) is 18.8. The number of aromatic hydroxyl groups is 1. The Balaban J connectivity index is 1.82. The maximum atomic E-state index is 11.7. The number of phenolic OH excluding ortho intramolecular Hbond substituents is 1. The van der Waals surface area contributed by atoms with Crippen molar-refractivity contribution >= 4 is 5.69 Å². The van der Waals surface area contributed by atoms with E-state index < -0.39 is 0 Å². The highest BCUT2D eigenvalue weighted by molar-refractivity contribution is 5.46. The van der Waals surface area contributed by atoms with Crippen molar-refractivity contribution in [2.45, 2.75) is 25.6 Å². The SMILES string of the molecule is O=[N+]([O-])c1ccccc1[C@@H]1c2cccn2CCCN1Cc1ccccc1O. The van der Waals surface area contributed by atoms with Crippen molar-refractivity contribution in [3.8, 4) is 5.75 Å². The van der Waals surface area contributed by atoms with Crippen LogP contribution in [0.5, 0.6) is 5.75 Å². The largest absolute Gasteiger partial charge is 0.508 e. The lowest BCUT2D eigenvalue weighted by atomic mass is 9.99. The Labute approximate surface area is 157 Å². The minimum absolute atomic E-state index is 0.124. The summed E-state index contributed by atoms with van der Waals surface area (Å²) in [6.07, 6.45) is 2.97. The van der Waals surface area contributed by atoms with Gasteiger partial charge in [0.05, 0.1) is 16.5 Å². The van der Waals surface area contributed by atoms with Crippen LogP contribution < -0.4 is 0 Å². The Morgan fingerprint density at radius 2 is 1.81 bits per heavy atom. The van der Waals surface area contributed by atoms with E-state index in [1.807, 2.05) is 42.6 Å². The number of aryl methyl sites for hydroxylation is 1. The Hall–Kier alpha value is -3.12. The maximum absolute atomic E-state index is 11.7. The standard InChI is InChI=1S/C21H21N3O3/c25-20-11-4-1-7-16(20)15-23-14-6-13-22-12-5-10-19(22)21(23)17-8-2-3-9-18(17)24(26)27/h1-5,7-12,21,25H,6,13-15H2/t21-/m1/s1. The minimum atomic E-state index is -0.314. The summed E-state index contributed by atoms with van der Waals surface area (Å²) < 4.78 is 2.17. The van der Waals surface area contributed by atoms with Crippen LogP contribution in [0.4, 0.5) is 5.69 Å². The molecule has 3 aromatic rings. The first-order valence-electron chi connectivity index (χ1n) is 9.04. The van der Waals surface area contributed by atoms with Gasteiger partial charge in [-0.25, -0.2) is 0 Å². The fourth-order valence-electron chi connectivity index (χ4n) is 3.91. The summed E-state index contributed by atoms with van der Waals surface area (Å²) in [7, 11) is 0. The van der Waals surface area contributed by atoms with Crippen molar-refractivity contribution in [2.75, 3.05) is 6.54 Å². The monoisotopic (exact) mass is 363 g/mol. The molecule has 6 heteroatoms. The van der Waals surface area contributed by atoms with Gasteiger partial charge in [0, 0.05) is 43.2 Å². The molecule has 2 heterocycles. The van der Waals surface area contributed by atoms with Gasteiger partial charge in [-0.1, -0.05) is 36.4 Å². The first-order chi connectivity index (χ1) is 13.1. The number of hydrogen-bond donors (Lipinski definition) is 1. The summed E-state index contributed by atoms with van der Waals surface area (Å²) in [5.74, 6) is 0.249. The topological polar surface area (TPSA) is 71.5 Å². The lowest BCUT2D eigenvalue weighted by molar-refractivity contribution is -0.385. The van der Waals surface area contributed by atoms with Crippen LogP contribution in [-0.2, 0) is 13.1 Å². The number of aromatic nitrogens is 1. The first-order valence-corrected chi connectivity index (χ1v) is 9.04. The molecule has 1 aliphatic heterocycles. The number of benzene rings is 2. The second kappa shape index (κ2) is 7.25. The van der Waals surface area contributed by atoms with Gasteiger partial charge in [-0.05, 0) is 24.6 Å². The number of para-hydroxylation sites is 2. The van der Waals surface area contributed by atoms with E-state index in [1.165, 1.54) is 0 Å². The molecule has 0 saturated carbocycles. The molecule has 4 rings (SSSR count). The van der Waals surface area contributed by atoms with Crippen LogP contribution in [0.15, 0.2) is 66.9 Å². The summed E-state index contributed by atoms with van der Waals surface area (Å²) in [6.45, 7) is 2.18. The Morgan fingerprint density at radius 1 is 1.04 bits per heavy atom. The fourth-order valence-corrected chi connectivity index (χ4v) is 3.91. The Bertz CT molecular complexity index is 967. The molecule has 0 fully saturated rings. The summed E-state index contributed by atoms with van der Waals surface area (Å²) >= 11 is 0. The highest BCUT2D eigenvalue weighted by Crippen LogP contribution is 2.38. The highest BCUT2D eigenvalue weighted by Gasteiger charge is 2.32. The zero-order valence-corrected chi connectivity index (χ0v) is 14.9. The highest BCUT2D eigenvalue weighted by atomic mass is 16.6. The molecule has 1 aliphatic rings. The van der Waals surface area contributed by atoms with Crippen LogP contribution in [0.2, 0.25) is 0 Å². The fraction of sp³-hybridized carbons (Fsp3) is 0.238. The molecular weight excluding hydrogens is 342 g/mol. The van der Waals surface area contributed by atoms with Gasteiger partial charge in [-0.15, -0.1) is 0 Å². The van der Waals surface area contributed by atoms with Gasteiger partial charge in [0.1, 0.15) is 5.75 Å². The second-order valence-electron chi connectivity index (χ2n) is 6.80. The van der Waals surface area contributed by atoms with Crippen LogP contribution in [0, 0.1) is 10.1 Å². The third kappa shape index (κ3) is 3.31. The van der Waals surface area contributed by atoms with E-state index in [1.54, 1.807) is 24.3 Å². The van der Waals surface area contributed by atoms with Crippen LogP contribution in [0.25, 0.3) is 0 Å². The smallest absolute Gasteiger partial charge is 0.274 e. The van der Waals surface area contributed by atoms with Crippen LogP contribution in [0.3, 0.4) is 0 Å². The minimum Gasteiger partial charge on any atom is -0.508 e. The number of phenols is 1. The second-order valence-corrected chi connectivity index (χ2v) is 6.80. The lowest BCUT2D eigenvalue weighted by Gasteiger charge is -2.30. The Morgan fingerprint density at radius 3 is 2.63 bits per heavy atom. The van der Waals surface area contributed by atoms with Crippen molar-refractivity contribution in [1.82, 2.24) is 9.47 Å². The number of nitrogens with zero attached hydrogens (tertiary/aromatic N) is 3. The van der Waals surface area contributed by atoms with Crippen molar-refractivity contribution in [1.29, 1.82) is 0 Å². The van der Waals surface area contributed by atoms with Crippen LogP contribution in [-0.4, -0.2) is 26.0 Å². The molecule has 0 amide bonds. The normalized spacial score (nSPS) is 17.3. The van der Waals surface area contributed by atoms with E-state index in [0.717, 1.165) is 30.8 Å². The van der Waals surface area contributed by atoms with Crippen LogP contribution in [0.1, 0.15) is 29.3 Å². The number of rotatable bonds is 4. The van der Waals surface area contributed by atoms with Gasteiger partial charge in [0.2, 0.25) is 0 Å². The molecule has 0 saturated heterocycles.